The molecule has 0 fully saturated rings. The second-order valence-corrected chi connectivity index (χ2v) is 9.10. The van der Waals surface area contributed by atoms with Crippen LogP contribution in [0, 0.1) is 0 Å². The second-order valence-electron chi connectivity index (χ2n) is 5.31. The molecule has 1 atom stereocenters. The van der Waals surface area contributed by atoms with Crippen LogP contribution in [0.1, 0.15) is 29.3 Å². The molecule has 1 N–H and O–H groups in total. The van der Waals surface area contributed by atoms with Crippen molar-refractivity contribution >= 4 is 38.5 Å². The van der Waals surface area contributed by atoms with E-state index >= 15 is 0 Å². The van der Waals surface area contributed by atoms with Gasteiger partial charge in [0.05, 0.1) is 15.3 Å². The maximum atomic E-state index is 11.5. The van der Waals surface area contributed by atoms with Gasteiger partial charge in [0.2, 0.25) is 0 Å². The molecule has 21 heavy (non-hydrogen) atoms. The number of anilines is 1. The van der Waals surface area contributed by atoms with Gasteiger partial charge < -0.3 is 5.32 Å². The van der Waals surface area contributed by atoms with Crippen molar-refractivity contribution < 1.29 is 8.42 Å². The molecular formula is C15H16ClNO2S2. The minimum Gasteiger partial charge on any atom is -0.378 e. The zero-order valence-electron chi connectivity index (χ0n) is 11.6. The van der Waals surface area contributed by atoms with E-state index in [9.17, 15) is 8.42 Å². The van der Waals surface area contributed by atoms with Crippen LogP contribution in [-0.4, -0.2) is 14.7 Å². The Kier molecular flexibility index (Phi) is 3.99. The Morgan fingerprint density at radius 1 is 1.29 bits per heavy atom. The Bertz CT molecular complexity index is 750. The van der Waals surface area contributed by atoms with Gasteiger partial charge in [-0.25, -0.2) is 8.42 Å². The molecule has 0 aliphatic heterocycles. The number of hydrogen-bond donors (Lipinski definition) is 1. The van der Waals surface area contributed by atoms with Crippen LogP contribution >= 0.6 is 22.9 Å². The molecule has 3 rings (SSSR count). The summed E-state index contributed by atoms with van der Waals surface area (Å²) in [5.41, 5.74) is 2.21. The van der Waals surface area contributed by atoms with Gasteiger partial charge in [-0.05, 0) is 55.2 Å². The number of aryl methyl sites for hydroxylation is 1. The second kappa shape index (κ2) is 5.63. The number of sulfone groups is 1. The van der Waals surface area contributed by atoms with E-state index in [0.717, 1.165) is 29.3 Å². The van der Waals surface area contributed by atoms with E-state index < -0.39 is 9.84 Å². The molecule has 0 saturated heterocycles. The molecule has 0 saturated carbocycles. The fourth-order valence-corrected chi connectivity index (χ4v) is 4.68. The van der Waals surface area contributed by atoms with Crippen LogP contribution in [0.2, 0.25) is 4.34 Å². The number of halogens is 1. The highest BCUT2D eigenvalue weighted by molar-refractivity contribution is 7.90. The Morgan fingerprint density at radius 3 is 2.67 bits per heavy atom. The molecule has 1 heterocycles. The van der Waals surface area contributed by atoms with Gasteiger partial charge in [0, 0.05) is 16.8 Å². The minimum absolute atomic E-state index is 0.251. The van der Waals surface area contributed by atoms with Crippen LogP contribution < -0.4 is 5.32 Å². The summed E-state index contributed by atoms with van der Waals surface area (Å²) in [6, 6.07) is 9.21. The van der Waals surface area contributed by atoms with Gasteiger partial charge in [-0.3, -0.25) is 0 Å². The highest BCUT2D eigenvalue weighted by atomic mass is 35.5. The number of rotatable bonds is 3. The van der Waals surface area contributed by atoms with E-state index in [2.05, 4.69) is 5.32 Å². The van der Waals surface area contributed by atoms with Crippen LogP contribution in [0.25, 0.3) is 0 Å². The van der Waals surface area contributed by atoms with Crippen molar-refractivity contribution in [3.05, 3.63) is 45.1 Å². The summed E-state index contributed by atoms with van der Waals surface area (Å²) in [6.07, 6.45) is 4.52. The molecule has 2 aromatic rings. The highest BCUT2D eigenvalue weighted by Crippen LogP contribution is 2.39. The molecule has 0 radical (unpaired) electrons. The lowest BCUT2D eigenvalue weighted by molar-refractivity contribution is 0.601. The minimum atomic E-state index is -3.14. The third-order valence-electron chi connectivity index (χ3n) is 3.71. The summed E-state index contributed by atoms with van der Waals surface area (Å²) in [4.78, 5) is 1.70. The first-order chi connectivity index (χ1) is 9.93. The van der Waals surface area contributed by atoms with Gasteiger partial charge in [0.25, 0.3) is 0 Å². The Morgan fingerprint density at radius 2 is 2.00 bits per heavy atom. The van der Waals surface area contributed by atoms with Crippen molar-refractivity contribution in [2.45, 2.75) is 30.2 Å². The first-order valence-corrected chi connectivity index (χ1v) is 9.87. The highest BCUT2D eigenvalue weighted by Gasteiger charge is 2.22. The summed E-state index contributed by atoms with van der Waals surface area (Å²) < 4.78 is 23.8. The van der Waals surface area contributed by atoms with E-state index in [1.807, 2.05) is 18.2 Å². The van der Waals surface area contributed by atoms with E-state index in [1.54, 1.807) is 23.5 Å². The van der Waals surface area contributed by atoms with Gasteiger partial charge in [0.15, 0.2) is 9.84 Å². The topological polar surface area (TPSA) is 46.2 Å². The zero-order chi connectivity index (χ0) is 15.0. The van der Waals surface area contributed by atoms with E-state index in [1.165, 1.54) is 16.7 Å². The fraction of sp³-hybridized carbons (Fsp3) is 0.333. The lowest BCUT2D eigenvalue weighted by Crippen LogP contribution is -2.15. The van der Waals surface area contributed by atoms with Crippen molar-refractivity contribution in [1.82, 2.24) is 0 Å². The standard InChI is InChI=1S/C15H16ClNO2S2/c1-21(18,19)11-7-5-10(6-8-11)17-13-3-2-4-14-12(13)9-15(16)20-14/h5-9,13,17H,2-4H2,1H3. The van der Waals surface area contributed by atoms with Crippen LogP contribution in [0.3, 0.4) is 0 Å². The molecule has 1 aromatic heterocycles. The van der Waals surface area contributed by atoms with Crippen LogP contribution in [0.4, 0.5) is 5.69 Å². The molecule has 6 heteroatoms. The van der Waals surface area contributed by atoms with Crippen molar-refractivity contribution in [1.29, 1.82) is 0 Å². The molecule has 1 aliphatic rings. The quantitative estimate of drug-likeness (QED) is 0.905. The number of hydrogen-bond acceptors (Lipinski definition) is 4. The van der Waals surface area contributed by atoms with Crippen LogP contribution in [0.5, 0.6) is 0 Å². The molecule has 1 unspecified atom stereocenters. The summed E-state index contributed by atoms with van der Waals surface area (Å²) in [5, 5.41) is 3.48. The summed E-state index contributed by atoms with van der Waals surface area (Å²) in [7, 11) is -3.14. The third kappa shape index (κ3) is 3.25. The van der Waals surface area contributed by atoms with E-state index in [0.29, 0.717) is 4.90 Å². The molecule has 0 spiro atoms. The van der Waals surface area contributed by atoms with Gasteiger partial charge in [-0.15, -0.1) is 11.3 Å². The van der Waals surface area contributed by atoms with E-state index in [-0.39, 0.29) is 6.04 Å². The lowest BCUT2D eigenvalue weighted by atomic mass is 9.94. The largest absolute Gasteiger partial charge is 0.378 e. The summed E-state index contributed by atoms with van der Waals surface area (Å²) in [6.45, 7) is 0. The van der Waals surface area contributed by atoms with Crippen molar-refractivity contribution in [2.24, 2.45) is 0 Å². The Labute approximate surface area is 133 Å². The summed E-state index contributed by atoms with van der Waals surface area (Å²) in [5.74, 6) is 0. The summed E-state index contributed by atoms with van der Waals surface area (Å²) >= 11 is 7.77. The number of thiophene rings is 1. The van der Waals surface area contributed by atoms with Crippen molar-refractivity contribution in [3.8, 4) is 0 Å². The third-order valence-corrected chi connectivity index (χ3v) is 6.18. The SMILES string of the molecule is CS(=O)(=O)c1ccc(NC2CCCc3sc(Cl)cc32)cc1. The van der Waals surface area contributed by atoms with Crippen molar-refractivity contribution in [2.75, 3.05) is 11.6 Å². The Balaban J connectivity index is 1.81. The van der Waals surface area contributed by atoms with E-state index in [4.69, 9.17) is 11.6 Å². The molecule has 1 aliphatic carbocycles. The fourth-order valence-electron chi connectivity index (χ4n) is 2.67. The average molecular weight is 342 g/mol. The maximum Gasteiger partial charge on any atom is 0.175 e. The molecule has 112 valence electrons. The Hall–Kier alpha value is -1.04. The first kappa shape index (κ1) is 14.9. The van der Waals surface area contributed by atoms with Crippen LogP contribution in [0.15, 0.2) is 35.2 Å². The van der Waals surface area contributed by atoms with Gasteiger partial charge in [-0.1, -0.05) is 11.6 Å². The lowest BCUT2D eigenvalue weighted by Gasteiger charge is -2.24. The van der Waals surface area contributed by atoms with Gasteiger partial charge in [0.1, 0.15) is 0 Å². The molecule has 0 amide bonds. The number of benzene rings is 1. The predicted molar refractivity (Wildman–Crippen MR) is 88.2 cm³/mol. The van der Waals surface area contributed by atoms with Gasteiger partial charge >= 0.3 is 0 Å². The van der Waals surface area contributed by atoms with Crippen LogP contribution in [-0.2, 0) is 16.3 Å². The predicted octanol–water partition coefficient (Wildman–Crippen LogP) is 4.29. The molecular weight excluding hydrogens is 326 g/mol. The maximum absolute atomic E-state index is 11.5. The normalized spacial score (nSPS) is 18.3. The number of nitrogens with one attached hydrogen (secondary N) is 1. The average Bonchev–Trinajstić information content (AvgIpc) is 2.80. The number of fused-ring (bicyclic) bond motifs is 1. The van der Waals surface area contributed by atoms with Gasteiger partial charge in [-0.2, -0.15) is 0 Å². The molecule has 1 aromatic carbocycles. The zero-order valence-corrected chi connectivity index (χ0v) is 14.0. The first-order valence-electron chi connectivity index (χ1n) is 6.78. The molecule has 3 nitrogen and oxygen atoms in total. The monoisotopic (exact) mass is 341 g/mol. The van der Waals surface area contributed by atoms with Crippen molar-refractivity contribution in [3.63, 3.8) is 0 Å². The molecule has 0 bridgehead atoms. The smallest absolute Gasteiger partial charge is 0.175 e.